The number of aromatic nitrogens is 1. The number of ether oxygens (including phenoxy) is 1. The van der Waals surface area contributed by atoms with Crippen LogP contribution in [0.1, 0.15) is 0 Å². The Bertz CT molecular complexity index is 730. The lowest BCUT2D eigenvalue weighted by molar-refractivity contribution is -0.154. The van der Waals surface area contributed by atoms with Crippen LogP contribution in [-0.4, -0.2) is 17.8 Å². The number of benzene rings is 2. The molecule has 1 N–H and O–H groups in total. The smallest absolute Gasteiger partial charge is 0.422 e. The third-order valence-corrected chi connectivity index (χ3v) is 2.89. The van der Waals surface area contributed by atoms with Crippen LogP contribution < -0.4 is 4.74 Å². The Morgan fingerprint density at radius 3 is 2.53 bits per heavy atom. The zero-order chi connectivity index (χ0) is 13.5. The van der Waals surface area contributed by atoms with Crippen LogP contribution in [0, 0.1) is 0 Å². The molecule has 0 radical (unpaired) electrons. The fraction of sp³-hybridized carbons (Fsp3) is 0.143. The minimum atomic E-state index is -4.33. The number of hydrogen-bond donors (Lipinski definition) is 1. The van der Waals surface area contributed by atoms with E-state index in [-0.39, 0.29) is 5.88 Å². The molecule has 19 heavy (non-hydrogen) atoms. The summed E-state index contributed by atoms with van der Waals surface area (Å²) in [5.74, 6) is 0.128. The first-order chi connectivity index (χ1) is 9.03. The number of halogens is 3. The van der Waals surface area contributed by atoms with E-state index in [0.717, 1.165) is 21.7 Å². The van der Waals surface area contributed by atoms with Crippen LogP contribution in [-0.2, 0) is 0 Å². The fourth-order valence-electron chi connectivity index (χ4n) is 2.09. The molecule has 0 fully saturated rings. The van der Waals surface area contributed by atoms with Gasteiger partial charge in [0.1, 0.15) is 0 Å². The van der Waals surface area contributed by atoms with Crippen molar-refractivity contribution in [1.29, 1.82) is 0 Å². The third kappa shape index (κ3) is 2.36. The minimum Gasteiger partial charge on any atom is -0.469 e. The zero-order valence-electron chi connectivity index (χ0n) is 9.79. The second-order valence-electron chi connectivity index (χ2n) is 4.29. The Kier molecular flexibility index (Phi) is 2.62. The maximum absolute atomic E-state index is 12.1. The Morgan fingerprint density at radius 2 is 1.74 bits per heavy atom. The molecule has 0 saturated heterocycles. The van der Waals surface area contributed by atoms with E-state index in [9.17, 15) is 13.2 Å². The third-order valence-electron chi connectivity index (χ3n) is 2.89. The van der Waals surface area contributed by atoms with Crippen molar-refractivity contribution in [3.63, 3.8) is 0 Å². The summed E-state index contributed by atoms with van der Waals surface area (Å²) < 4.78 is 41.1. The van der Waals surface area contributed by atoms with E-state index in [1.54, 1.807) is 6.07 Å². The van der Waals surface area contributed by atoms with Gasteiger partial charge in [-0.1, -0.05) is 36.4 Å². The lowest BCUT2D eigenvalue weighted by atomic mass is 10.1. The van der Waals surface area contributed by atoms with E-state index < -0.39 is 12.8 Å². The number of H-pyrrole nitrogens is 1. The molecule has 3 rings (SSSR count). The predicted molar refractivity (Wildman–Crippen MR) is 67.4 cm³/mol. The molecule has 0 spiro atoms. The van der Waals surface area contributed by atoms with Crippen molar-refractivity contribution in [2.75, 3.05) is 6.61 Å². The van der Waals surface area contributed by atoms with Gasteiger partial charge in [-0.15, -0.1) is 0 Å². The van der Waals surface area contributed by atoms with Crippen LogP contribution >= 0.6 is 0 Å². The van der Waals surface area contributed by atoms with Crippen LogP contribution in [0.15, 0.2) is 42.5 Å². The van der Waals surface area contributed by atoms with E-state index >= 15 is 0 Å². The fourth-order valence-corrected chi connectivity index (χ4v) is 2.09. The number of aromatic amines is 1. The molecule has 5 heteroatoms. The summed E-state index contributed by atoms with van der Waals surface area (Å²) in [6.07, 6.45) is -4.33. The first kappa shape index (κ1) is 11.9. The number of fused-ring (bicyclic) bond motifs is 3. The van der Waals surface area contributed by atoms with Gasteiger partial charge in [0.05, 0.1) is 5.52 Å². The van der Waals surface area contributed by atoms with Crippen molar-refractivity contribution in [3.05, 3.63) is 42.5 Å². The predicted octanol–water partition coefficient (Wildman–Crippen LogP) is 4.26. The molecular formula is C14H10F3NO. The summed E-state index contributed by atoms with van der Waals surface area (Å²) in [5, 5.41) is 2.82. The summed E-state index contributed by atoms with van der Waals surface area (Å²) in [4.78, 5) is 2.89. The summed E-state index contributed by atoms with van der Waals surface area (Å²) in [7, 11) is 0. The monoisotopic (exact) mass is 265 g/mol. The van der Waals surface area contributed by atoms with E-state index in [4.69, 9.17) is 4.74 Å². The summed E-state index contributed by atoms with van der Waals surface area (Å²) in [5.41, 5.74) is 0.787. The number of nitrogens with one attached hydrogen (secondary N) is 1. The topological polar surface area (TPSA) is 25.0 Å². The van der Waals surface area contributed by atoms with Gasteiger partial charge in [0.15, 0.2) is 12.5 Å². The molecule has 0 amide bonds. The Morgan fingerprint density at radius 1 is 1.00 bits per heavy atom. The molecule has 3 aromatic rings. The summed E-state index contributed by atoms with van der Waals surface area (Å²) in [6.45, 7) is -1.29. The molecular weight excluding hydrogens is 255 g/mol. The maximum atomic E-state index is 12.1. The van der Waals surface area contributed by atoms with Gasteiger partial charge < -0.3 is 9.72 Å². The van der Waals surface area contributed by atoms with Crippen LogP contribution in [0.2, 0.25) is 0 Å². The van der Waals surface area contributed by atoms with Crippen LogP contribution in [0.5, 0.6) is 5.88 Å². The lowest BCUT2D eigenvalue weighted by Crippen LogP contribution is -2.19. The highest BCUT2D eigenvalue weighted by atomic mass is 19.4. The second-order valence-corrected chi connectivity index (χ2v) is 4.29. The number of hydrogen-bond acceptors (Lipinski definition) is 1. The SMILES string of the molecule is FC(F)(F)COc1cc2ccc3ccccc3c2[nH]1. The molecule has 1 heterocycles. The molecule has 0 aliphatic heterocycles. The number of alkyl halides is 3. The quantitative estimate of drug-likeness (QED) is 0.735. The maximum Gasteiger partial charge on any atom is 0.422 e. The molecule has 1 aromatic heterocycles. The van der Waals surface area contributed by atoms with Gasteiger partial charge in [-0.2, -0.15) is 13.2 Å². The van der Waals surface area contributed by atoms with Crippen LogP contribution in [0.3, 0.4) is 0 Å². The van der Waals surface area contributed by atoms with Gasteiger partial charge in [-0.25, -0.2) is 0 Å². The first-order valence-electron chi connectivity index (χ1n) is 5.73. The van der Waals surface area contributed by atoms with Crippen molar-refractivity contribution in [1.82, 2.24) is 4.98 Å². The Balaban J connectivity index is 2.03. The Hall–Kier alpha value is -2.17. The van der Waals surface area contributed by atoms with Gasteiger partial charge in [0.25, 0.3) is 0 Å². The highest BCUT2D eigenvalue weighted by Gasteiger charge is 2.28. The van der Waals surface area contributed by atoms with Crippen molar-refractivity contribution in [2.24, 2.45) is 0 Å². The van der Waals surface area contributed by atoms with E-state index in [2.05, 4.69) is 4.98 Å². The van der Waals surface area contributed by atoms with Gasteiger partial charge in [0.2, 0.25) is 0 Å². The highest BCUT2D eigenvalue weighted by Crippen LogP contribution is 2.28. The summed E-state index contributed by atoms with van der Waals surface area (Å²) >= 11 is 0. The Labute approximate surface area is 106 Å². The molecule has 2 nitrogen and oxygen atoms in total. The van der Waals surface area contributed by atoms with Gasteiger partial charge in [0, 0.05) is 16.8 Å². The van der Waals surface area contributed by atoms with Crippen molar-refractivity contribution in [3.8, 4) is 5.88 Å². The second kappa shape index (κ2) is 4.19. The van der Waals surface area contributed by atoms with Crippen molar-refractivity contribution >= 4 is 21.7 Å². The standard InChI is InChI=1S/C14H10F3NO/c15-14(16,17)8-19-12-7-10-6-5-9-3-1-2-4-11(9)13(10)18-12/h1-7,18H,8H2. The van der Waals surface area contributed by atoms with Crippen LogP contribution in [0.4, 0.5) is 13.2 Å². The number of rotatable bonds is 2. The molecule has 0 bridgehead atoms. The van der Waals surface area contributed by atoms with Gasteiger partial charge in [-0.3, -0.25) is 0 Å². The van der Waals surface area contributed by atoms with Gasteiger partial charge in [-0.05, 0) is 5.39 Å². The average Bonchev–Trinajstić information content (AvgIpc) is 2.79. The molecule has 2 aromatic carbocycles. The lowest BCUT2D eigenvalue weighted by Gasteiger charge is -2.06. The average molecular weight is 265 g/mol. The van der Waals surface area contributed by atoms with Gasteiger partial charge >= 0.3 is 6.18 Å². The molecule has 0 aliphatic rings. The van der Waals surface area contributed by atoms with E-state index in [1.165, 1.54) is 0 Å². The largest absolute Gasteiger partial charge is 0.469 e. The molecule has 0 saturated carbocycles. The van der Waals surface area contributed by atoms with Crippen molar-refractivity contribution in [2.45, 2.75) is 6.18 Å². The summed E-state index contributed by atoms with van der Waals surface area (Å²) in [6, 6.07) is 13.0. The van der Waals surface area contributed by atoms with E-state index in [1.807, 2.05) is 36.4 Å². The molecule has 98 valence electrons. The molecule has 0 unspecified atom stereocenters. The first-order valence-corrected chi connectivity index (χ1v) is 5.73. The van der Waals surface area contributed by atoms with E-state index in [0.29, 0.717) is 0 Å². The zero-order valence-corrected chi connectivity index (χ0v) is 9.79. The van der Waals surface area contributed by atoms with Crippen molar-refractivity contribution < 1.29 is 17.9 Å². The molecule has 0 atom stereocenters. The highest BCUT2D eigenvalue weighted by molar-refractivity contribution is 6.06. The molecule has 0 aliphatic carbocycles. The minimum absolute atomic E-state index is 0.128. The van der Waals surface area contributed by atoms with Crippen LogP contribution in [0.25, 0.3) is 21.7 Å². The normalized spacial score (nSPS) is 12.2.